The Hall–Kier alpha value is -2.98. The first kappa shape index (κ1) is 18.8. The lowest BCUT2D eigenvalue weighted by molar-refractivity contribution is 0.102. The lowest BCUT2D eigenvalue weighted by Gasteiger charge is -2.05. The largest absolute Gasteiger partial charge is 0.497 e. The SMILES string of the molecule is COc1ccc(NS(=O)(=O)c2nnc(NC(=O)c3cccc(C)c3)s2)cc1. The van der Waals surface area contributed by atoms with E-state index in [0.717, 1.165) is 16.9 Å². The maximum absolute atomic E-state index is 12.4. The van der Waals surface area contributed by atoms with Gasteiger partial charge in [-0.05, 0) is 43.3 Å². The molecule has 0 fully saturated rings. The summed E-state index contributed by atoms with van der Waals surface area (Å²) in [4.78, 5) is 12.2. The van der Waals surface area contributed by atoms with Crippen LogP contribution in [0.2, 0.25) is 0 Å². The summed E-state index contributed by atoms with van der Waals surface area (Å²) in [7, 11) is -2.40. The van der Waals surface area contributed by atoms with E-state index in [4.69, 9.17) is 4.74 Å². The average Bonchev–Trinajstić information content (AvgIpc) is 3.11. The Kier molecular flexibility index (Phi) is 5.38. The van der Waals surface area contributed by atoms with Crippen molar-refractivity contribution in [1.82, 2.24) is 10.2 Å². The van der Waals surface area contributed by atoms with Crippen molar-refractivity contribution in [2.24, 2.45) is 0 Å². The average molecular weight is 404 g/mol. The zero-order valence-electron chi connectivity index (χ0n) is 14.5. The topological polar surface area (TPSA) is 110 Å². The summed E-state index contributed by atoms with van der Waals surface area (Å²) in [6.07, 6.45) is 0. The fourth-order valence-electron chi connectivity index (χ4n) is 2.18. The molecule has 3 aromatic rings. The first-order valence-corrected chi connectivity index (χ1v) is 10.1. The Labute approximate surface area is 160 Å². The highest BCUT2D eigenvalue weighted by Crippen LogP contribution is 2.24. The number of sulfonamides is 1. The van der Waals surface area contributed by atoms with E-state index in [1.54, 1.807) is 42.5 Å². The maximum atomic E-state index is 12.4. The summed E-state index contributed by atoms with van der Waals surface area (Å²) in [6.45, 7) is 1.87. The van der Waals surface area contributed by atoms with Gasteiger partial charge in [-0.3, -0.25) is 14.8 Å². The maximum Gasteiger partial charge on any atom is 0.291 e. The van der Waals surface area contributed by atoms with E-state index >= 15 is 0 Å². The third kappa shape index (κ3) is 4.60. The van der Waals surface area contributed by atoms with Gasteiger partial charge in [-0.2, -0.15) is 8.42 Å². The van der Waals surface area contributed by atoms with Gasteiger partial charge in [0.1, 0.15) is 5.75 Å². The molecule has 1 amide bonds. The summed E-state index contributed by atoms with van der Waals surface area (Å²) in [5.74, 6) is 0.219. The molecule has 2 N–H and O–H groups in total. The molecule has 0 atom stereocenters. The fourth-order valence-corrected chi connectivity index (χ4v) is 4.14. The number of hydrogen-bond donors (Lipinski definition) is 2. The first-order chi connectivity index (χ1) is 12.9. The summed E-state index contributed by atoms with van der Waals surface area (Å²) in [5.41, 5.74) is 1.74. The third-order valence-electron chi connectivity index (χ3n) is 3.48. The van der Waals surface area contributed by atoms with Crippen LogP contribution in [0.4, 0.5) is 10.8 Å². The van der Waals surface area contributed by atoms with Gasteiger partial charge in [0.05, 0.1) is 7.11 Å². The minimum atomic E-state index is -3.92. The highest BCUT2D eigenvalue weighted by atomic mass is 32.2. The molecule has 0 saturated heterocycles. The van der Waals surface area contributed by atoms with E-state index in [1.165, 1.54) is 7.11 Å². The number of nitrogens with zero attached hydrogens (tertiary/aromatic N) is 2. The van der Waals surface area contributed by atoms with Gasteiger partial charge < -0.3 is 4.74 Å². The molecule has 10 heteroatoms. The van der Waals surface area contributed by atoms with Crippen LogP contribution in [0.1, 0.15) is 15.9 Å². The molecule has 0 spiro atoms. The number of carbonyl (C=O) groups is 1. The molecule has 27 heavy (non-hydrogen) atoms. The molecule has 0 radical (unpaired) electrons. The number of anilines is 2. The van der Waals surface area contributed by atoms with Crippen molar-refractivity contribution in [3.63, 3.8) is 0 Å². The van der Waals surface area contributed by atoms with Crippen molar-refractivity contribution in [3.05, 3.63) is 59.7 Å². The Morgan fingerprint density at radius 1 is 1.11 bits per heavy atom. The van der Waals surface area contributed by atoms with E-state index in [1.807, 2.05) is 13.0 Å². The summed E-state index contributed by atoms with van der Waals surface area (Å²) in [5, 5.41) is 10.0. The number of hydrogen-bond acceptors (Lipinski definition) is 7. The standard InChI is InChI=1S/C17H16N4O4S2/c1-11-4-3-5-12(10-11)15(22)18-16-19-20-17(26-16)27(23,24)21-13-6-8-14(25-2)9-7-13/h3-10,21H,1-2H3,(H,18,19,22). The second-order valence-corrected chi connectivity index (χ2v) is 8.36. The number of ether oxygens (including phenoxy) is 1. The number of benzene rings is 2. The van der Waals surface area contributed by atoms with Crippen molar-refractivity contribution < 1.29 is 17.9 Å². The van der Waals surface area contributed by atoms with Gasteiger partial charge in [-0.1, -0.05) is 29.0 Å². The smallest absolute Gasteiger partial charge is 0.291 e. The van der Waals surface area contributed by atoms with Gasteiger partial charge in [-0.25, -0.2) is 0 Å². The number of carbonyl (C=O) groups excluding carboxylic acids is 1. The van der Waals surface area contributed by atoms with Crippen molar-refractivity contribution in [1.29, 1.82) is 0 Å². The molecule has 0 aliphatic heterocycles. The summed E-state index contributed by atoms with van der Waals surface area (Å²) < 4.78 is 32.0. The lowest BCUT2D eigenvalue weighted by atomic mass is 10.1. The Morgan fingerprint density at radius 2 is 1.85 bits per heavy atom. The number of nitrogens with one attached hydrogen (secondary N) is 2. The van der Waals surface area contributed by atoms with Crippen LogP contribution in [-0.2, 0) is 10.0 Å². The van der Waals surface area contributed by atoms with Crippen LogP contribution in [0.3, 0.4) is 0 Å². The molecule has 0 aliphatic rings. The normalized spacial score (nSPS) is 11.0. The van der Waals surface area contributed by atoms with Gasteiger partial charge in [0.15, 0.2) is 0 Å². The van der Waals surface area contributed by atoms with Crippen LogP contribution in [0.25, 0.3) is 0 Å². The summed E-state index contributed by atoms with van der Waals surface area (Å²) in [6, 6.07) is 13.4. The molecule has 140 valence electrons. The van der Waals surface area contributed by atoms with Crippen LogP contribution >= 0.6 is 11.3 Å². The van der Waals surface area contributed by atoms with Crippen LogP contribution in [-0.4, -0.2) is 31.6 Å². The van der Waals surface area contributed by atoms with E-state index in [9.17, 15) is 13.2 Å². The molecule has 1 heterocycles. The molecule has 8 nitrogen and oxygen atoms in total. The van der Waals surface area contributed by atoms with Gasteiger partial charge >= 0.3 is 0 Å². The zero-order chi connectivity index (χ0) is 19.4. The lowest BCUT2D eigenvalue weighted by Crippen LogP contribution is -2.12. The number of aromatic nitrogens is 2. The third-order valence-corrected chi connectivity index (χ3v) is 6.07. The number of rotatable bonds is 6. The van der Waals surface area contributed by atoms with E-state index in [2.05, 4.69) is 20.2 Å². The van der Waals surface area contributed by atoms with Gasteiger partial charge in [-0.15, -0.1) is 10.2 Å². The molecule has 0 unspecified atom stereocenters. The quantitative estimate of drug-likeness (QED) is 0.611. The van der Waals surface area contributed by atoms with Crippen molar-refractivity contribution in [2.45, 2.75) is 11.3 Å². The number of amides is 1. The highest BCUT2D eigenvalue weighted by molar-refractivity contribution is 7.94. The molecule has 0 bridgehead atoms. The predicted molar refractivity (Wildman–Crippen MR) is 103 cm³/mol. The Bertz CT molecular complexity index is 1060. The second-order valence-electron chi connectivity index (χ2n) is 5.53. The zero-order valence-corrected chi connectivity index (χ0v) is 16.1. The predicted octanol–water partition coefficient (Wildman–Crippen LogP) is 2.91. The van der Waals surface area contributed by atoms with Crippen LogP contribution in [0.5, 0.6) is 5.75 Å². The minimum absolute atomic E-state index is 0.0941. The molecule has 0 saturated carbocycles. The van der Waals surface area contributed by atoms with Crippen LogP contribution in [0.15, 0.2) is 52.9 Å². The van der Waals surface area contributed by atoms with E-state index in [0.29, 0.717) is 17.0 Å². The van der Waals surface area contributed by atoms with Crippen molar-refractivity contribution >= 4 is 38.1 Å². The highest BCUT2D eigenvalue weighted by Gasteiger charge is 2.21. The van der Waals surface area contributed by atoms with Gasteiger partial charge in [0.2, 0.25) is 5.13 Å². The van der Waals surface area contributed by atoms with Crippen LogP contribution < -0.4 is 14.8 Å². The van der Waals surface area contributed by atoms with Crippen molar-refractivity contribution in [2.75, 3.05) is 17.1 Å². The minimum Gasteiger partial charge on any atom is -0.497 e. The molecular weight excluding hydrogens is 388 g/mol. The van der Waals surface area contributed by atoms with Gasteiger partial charge in [0, 0.05) is 11.3 Å². The number of aryl methyl sites for hydroxylation is 1. The molecule has 0 aliphatic carbocycles. The van der Waals surface area contributed by atoms with Crippen LogP contribution in [0, 0.1) is 6.92 Å². The van der Waals surface area contributed by atoms with E-state index < -0.39 is 10.0 Å². The monoisotopic (exact) mass is 404 g/mol. The molecule has 1 aromatic heterocycles. The molecule has 3 rings (SSSR count). The Morgan fingerprint density at radius 3 is 2.52 bits per heavy atom. The fraction of sp³-hybridized carbons (Fsp3) is 0.118. The van der Waals surface area contributed by atoms with Crippen molar-refractivity contribution in [3.8, 4) is 5.75 Å². The molecular formula is C17H16N4O4S2. The van der Waals surface area contributed by atoms with Gasteiger partial charge in [0.25, 0.3) is 20.3 Å². The van der Waals surface area contributed by atoms with E-state index in [-0.39, 0.29) is 15.4 Å². The number of methoxy groups -OCH3 is 1. The summed E-state index contributed by atoms with van der Waals surface area (Å²) >= 11 is 0.765. The Balaban J connectivity index is 1.72. The first-order valence-electron chi connectivity index (χ1n) is 7.76. The second kappa shape index (κ2) is 7.72. The molecule has 2 aromatic carbocycles.